The Bertz CT molecular complexity index is 1760. The number of aromatic amines is 1. The molecule has 1 saturated heterocycles. The van der Waals surface area contributed by atoms with E-state index in [1.165, 1.54) is 31.3 Å². The molecule has 3 aromatic carbocycles. The molecule has 2 heterocycles. The number of rotatable bonds is 8. The van der Waals surface area contributed by atoms with Gasteiger partial charge in [0.1, 0.15) is 16.8 Å². The van der Waals surface area contributed by atoms with Crippen LogP contribution in [0.3, 0.4) is 0 Å². The predicted octanol–water partition coefficient (Wildman–Crippen LogP) is 5.15. The van der Waals surface area contributed by atoms with E-state index in [1.807, 2.05) is 0 Å². The molecule has 1 N–H and O–H groups in total. The number of aromatic nitrogens is 2. The second kappa shape index (κ2) is 12.7. The van der Waals surface area contributed by atoms with Crippen molar-refractivity contribution in [1.82, 2.24) is 9.55 Å². The van der Waals surface area contributed by atoms with E-state index in [-0.39, 0.29) is 21.3 Å². The average Bonchev–Trinajstić information content (AvgIpc) is 3.27. The van der Waals surface area contributed by atoms with Gasteiger partial charge in [0.2, 0.25) is 0 Å². The standard InChI is InChI=1S/C31H25ClN2O8S/c1-31(18-39-27(35)21-13-8-14-22(32)17-21)25(41-29(37)20-11-6-3-7-12-20)24(40-28(36)19-9-4-2-5-10-19)26(42-31)34-16-15-23(43)33-30(34)38/h2-17,24-26H,18H2,1H3,(H,33,38,43)/t24?,25?,26-,31-/m1/s1. The smallest absolute Gasteiger partial charge is 0.338 e. The molecule has 4 aromatic rings. The molecular formula is C31H25ClN2O8S. The van der Waals surface area contributed by atoms with Crippen LogP contribution in [-0.2, 0) is 18.9 Å². The van der Waals surface area contributed by atoms with Crippen molar-refractivity contribution in [2.24, 2.45) is 0 Å². The summed E-state index contributed by atoms with van der Waals surface area (Å²) in [4.78, 5) is 55.0. The third-order valence-electron chi connectivity index (χ3n) is 6.74. The number of nitrogens with one attached hydrogen (secondary N) is 1. The van der Waals surface area contributed by atoms with Gasteiger partial charge in [0.15, 0.2) is 18.4 Å². The second-order valence-corrected chi connectivity index (χ2v) is 10.7. The minimum Gasteiger partial charge on any atom is -0.459 e. The van der Waals surface area contributed by atoms with E-state index < -0.39 is 54.2 Å². The zero-order chi connectivity index (χ0) is 30.6. The molecule has 43 heavy (non-hydrogen) atoms. The second-order valence-electron chi connectivity index (χ2n) is 9.85. The molecule has 220 valence electrons. The van der Waals surface area contributed by atoms with Gasteiger partial charge in [-0.1, -0.05) is 66.3 Å². The van der Waals surface area contributed by atoms with Gasteiger partial charge >= 0.3 is 23.6 Å². The van der Waals surface area contributed by atoms with Gasteiger partial charge in [0.25, 0.3) is 0 Å². The number of carbonyl (C=O) groups excluding carboxylic acids is 3. The molecular weight excluding hydrogens is 596 g/mol. The van der Waals surface area contributed by atoms with Gasteiger partial charge in [0, 0.05) is 11.2 Å². The Morgan fingerprint density at radius 1 is 0.884 bits per heavy atom. The van der Waals surface area contributed by atoms with E-state index in [1.54, 1.807) is 72.8 Å². The summed E-state index contributed by atoms with van der Waals surface area (Å²) in [6.45, 7) is 1.08. The molecule has 0 spiro atoms. The van der Waals surface area contributed by atoms with Gasteiger partial charge in [-0.2, -0.15) is 0 Å². The van der Waals surface area contributed by atoms with Crippen LogP contribution in [0.5, 0.6) is 0 Å². The highest BCUT2D eigenvalue weighted by molar-refractivity contribution is 7.71. The number of esters is 3. The van der Waals surface area contributed by atoms with Crippen molar-refractivity contribution in [2.75, 3.05) is 6.61 Å². The van der Waals surface area contributed by atoms with Gasteiger partial charge in [-0.3, -0.25) is 9.55 Å². The highest BCUT2D eigenvalue weighted by Gasteiger charge is 2.58. The number of carbonyl (C=O) groups is 3. The number of nitrogens with zero attached hydrogens (tertiary/aromatic N) is 1. The predicted molar refractivity (Wildman–Crippen MR) is 157 cm³/mol. The lowest BCUT2D eigenvalue weighted by molar-refractivity contribution is -0.122. The monoisotopic (exact) mass is 620 g/mol. The summed E-state index contributed by atoms with van der Waals surface area (Å²) in [7, 11) is 0. The van der Waals surface area contributed by atoms with E-state index in [4.69, 9.17) is 42.8 Å². The average molecular weight is 621 g/mol. The lowest BCUT2D eigenvalue weighted by atomic mass is 9.97. The van der Waals surface area contributed by atoms with Gasteiger partial charge in [-0.05, 0) is 55.5 Å². The third-order valence-corrected chi connectivity index (χ3v) is 7.22. The highest BCUT2D eigenvalue weighted by Crippen LogP contribution is 2.41. The van der Waals surface area contributed by atoms with Crippen molar-refractivity contribution in [3.05, 3.63) is 134 Å². The van der Waals surface area contributed by atoms with Crippen molar-refractivity contribution in [1.29, 1.82) is 0 Å². The maximum Gasteiger partial charge on any atom is 0.338 e. The number of hydrogen-bond donors (Lipinski definition) is 1. The van der Waals surface area contributed by atoms with Crippen molar-refractivity contribution in [3.8, 4) is 0 Å². The molecule has 0 saturated carbocycles. The van der Waals surface area contributed by atoms with Gasteiger partial charge in [0.05, 0.1) is 16.7 Å². The van der Waals surface area contributed by atoms with Gasteiger partial charge in [-0.25, -0.2) is 19.2 Å². The zero-order valence-corrected chi connectivity index (χ0v) is 24.2. The minimum atomic E-state index is -1.60. The van der Waals surface area contributed by atoms with E-state index >= 15 is 0 Å². The van der Waals surface area contributed by atoms with E-state index in [9.17, 15) is 19.2 Å². The Hall–Kier alpha value is -4.58. The van der Waals surface area contributed by atoms with Crippen LogP contribution in [0.25, 0.3) is 0 Å². The first-order valence-electron chi connectivity index (χ1n) is 13.1. The Balaban J connectivity index is 1.54. The van der Waals surface area contributed by atoms with Crippen LogP contribution in [0.1, 0.15) is 44.2 Å². The molecule has 1 fully saturated rings. The molecule has 0 bridgehead atoms. The largest absolute Gasteiger partial charge is 0.459 e. The fourth-order valence-corrected chi connectivity index (χ4v) is 4.95. The number of ether oxygens (including phenoxy) is 4. The molecule has 12 heteroatoms. The summed E-state index contributed by atoms with van der Waals surface area (Å²) in [6.07, 6.45) is -2.65. The van der Waals surface area contributed by atoms with Crippen LogP contribution < -0.4 is 5.69 Å². The van der Waals surface area contributed by atoms with Crippen LogP contribution in [-0.4, -0.2) is 51.9 Å². The highest BCUT2D eigenvalue weighted by atomic mass is 35.5. The topological polar surface area (TPSA) is 126 Å². The van der Waals surface area contributed by atoms with Crippen LogP contribution in [0.2, 0.25) is 5.02 Å². The van der Waals surface area contributed by atoms with Crippen LogP contribution in [0.15, 0.2) is 102 Å². The first kappa shape index (κ1) is 29.9. The lowest BCUT2D eigenvalue weighted by Gasteiger charge is -2.30. The Labute approximate surface area is 255 Å². The number of halogens is 1. The van der Waals surface area contributed by atoms with Gasteiger partial charge in [-0.15, -0.1) is 0 Å². The summed E-state index contributed by atoms with van der Waals surface area (Å²) in [5, 5.41) is 0.334. The van der Waals surface area contributed by atoms with E-state index in [0.717, 1.165) is 4.57 Å². The van der Waals surface area contributed by atoms with Crippen molar-refractivity contribution in [2.45, 2.75) is 31.0 Å². The molecule has 0 amide bonds. The Kier molecular flexibility index (Phi) is 8.86. The molecule has 10 nitrogen and oxygen atoms in total. The fourth-order valence-electron chi connectivity index (χ4n) is 4.61. The van der Waals surface area contributed by atoms with Crippen molar-refractivity contribution >= 4 is 41.7 Å². The summed E-state index contributed by atoms with van der Waals surface area (Å²) < 4.78 is 25.0. The quantitative estimate of drug-likeness (QED) is 0.162. The summed E-state index contributed by atoms with van der Waals surface area (Å²) in [6, 6.07) is 24.0. The zero-order valence-electron chi connectivity index (χ0n) is 22.7. The summed E-state index contributed by atoms with van der Waals surface area (Å²) in [5.41, 5.74) is -1.64. The van der Waals surface area contributed by atoms with E-state index in [0.29, 0.717) is 5.02 Å². The normalized spacial score (nSPS) is 21.1. The molecule has 1 aromatic heterocycles. The van der Waals surface area contributed by atoms with E-state index in [2.05, 4.69) is 4.98 Å². The number of hydrogen-bond acceptors (Lipinski definition) is 9. The number of H-pyrrole nitrogens is 1. The summed E-state index contributed by atoms with van der Waals surface area (Å²) in [5.74, 6) is -2.22. The Morgan fingerprint density at radius 3 is 2.09 bits per heavy atom. The van der Waals surface area contributed by atoms with Gasteiger partial charge < -0.3 is 18.9 Å². The molecule has 0 radical (unpaired) electrons. The SMILES string of the molecule is C[C@]1(COC(=O)c2cccc(Cl)c2)O[C@@H](n2ccc(=S)[nH]c2=O)C(OC(=O)c2ccccc2)C1OC(=O)c1ccccc1. The molecule has 2 unspecified atom stereocenters. The molecule has 1 aliphatic heterocycles. The first-order valence-corrected chi connectivity index (χ1v) is 13.9. The minimum absolute atomic E-state index is 0.169. The first-order chi connectivity index (χ1) is 20.6. The molecule has 4 atom stereocenters. The number of benzene rings is 3. The maximum atomic E-state index is 13.3. The van der Waals surface area contributed by atoms with Crippen LogP contribution >= 0.6 is 23.8 Å². The maximum absolute atomic E-state index is 13.3. The Morgan fingerprint density at radius 2 is 1.49 bits per heavy atom. The molecule has 5 rings (SSSR count). The fraction of sp³-hybridized carbons (Fsp3) is 0.194. The van der Waals surface area contributed by atoms with Crippen LogP contribution in [0.4, 0.5) is 0 Å². The molecule has 1 aliphatic rings. The summed E-state index contributed by atoms with van der Waals surface area (Å²) >= 11 is 11.1. The van der Waals surface area contributed by atoms with Crippen LogP contribution in [0, 0.1) is 4.64 Å². The van der Waals surface area contributed by atoms with Crippen molar-refractivity contribution < 1.29 is 33.3 Å². The lowest BCUT2D eigenvalue weighted by Crippen LogP contribution is -2.48. The third kappa shape index (κ3) is 6.75. The van der Waals surface area contributed by atoms with Crippen molar-refractivity contribution in [3.63, 3.8) is 0 Å². The molecule has 0 aliphatic carbocycles.